The third-order valence-electron chi connectivity index (χ3n) is 3.28. The highest BCUT2D eigenvalue weighted by Crippen LogP contribution is 2.21. The summed E-state index contributed by atoms with van der Waals surface area (Å²) in [6, 6.07) is 8.16. The molecule has 0 aliphatic rings. The van der Waals surface area contributed by atoms with Crippen molar-refractivity contribution < 1.29 is 0 Å². The van der Waals surface area contributed by atoms with Crippen molar-refractivity contribution in [3.8, 4) is 0 Å². The van der Waals surface area contributed by atoms with E-state index in [1.807, 2.05) is 31.1 Å². The Bertz CT molecular complexity index is 780. The molecule has 2 N–H and O–H groups in total. The van der Waals surface area contributed by atoms with Crippen molar-refractivity contribution in [3.63, 3.8) is 0 Å². The topological polar surface area (TPSA) is 72.9 Å². The molecule has 0 unspecified atom stereocenters. The first-order chi connectivity index (χ1) is 10.0. The summed E-state index contributed by atoms with van der Waals surface area (Å²) in [6.07, 6.45) is 1.68. The van der Waals surface area contributed by atoms with Crippen LogP contribution in [0.25, 0.3) is 11.0 Å². The molecule has 0 saturated carbocycles. The highest BCUT2D eigenvalue weighted by atomic mass is 79.9. The number of fused-ring (bicyclic) bond motifs is 1. The molecule has 0 bridgehead atoms. The maximum atomic E-state index is 5.98. The predicted molar refractivity (Wildman–Crippen MR) is 87.0 cm³/mol. The Morgan fingerprint density at radius 1 is 1.24 bits per heavy atom. The van der Waals surface area contributed by atoms with Gasteiger partial charge in [-0.3, -0.25) is 4.68 Å². The van der Waals surface area contributed by atoms with E-state index >= 15 is 0 Å². The molecule has 0 saturated heterocycles. The van der Waals surface area contributed by atoms with Gasteiger partial charge in [0.2, 0.25) is 5.95 Å². The number of nitrogens with zero attached hydrogens (tertiary/aromatic N) is 5. The number of aryl methyl sites for hydroxylation is 1. The fraction of sp³-hybridized carbons (Fsp3) is 0.214. The second kappa shape index (κ2) is 5.33. The van der Waals surface area contributed by atoms with Crippen LogP contribution in [0.15, 0.2) is 34.9 Å². The molecule has 0 fully saturated rings. The Kier molecular flexibility index (Phi) is 3.50. The number of aromatic nitrogens is 4. The lowest BCUT2D eigenvalue weighted by atomic mass is 10.2. The minimum absolute atomic E-state index is 0.450. The van der Waals surface area contributed by atoms with Gasteiger partial charge in [0.1, 0.15) is 5.82 Å². The molecule has 0 aliphatic carbocycles. The van der Waals surface area contributed by atoms with Crippen LogP contribution < -0.4 is 10.6 Å². The number of nitrogen functional groups attached to an aromatic ring is 1. The second-order valence-corrected chi connectivity index (χ2v) is 5.81. The standard InChI is InChI=1S/C14H15BrN6/c1-20(8-9-3-5-10(15)6-4-9)14-18-12(16)11-7-17-21(2)13(11)19-14/h3-7H,8H2,1-2H3,(H2,16,18,19). The lowest BCUT2D eigenvalue weighted by molar-refractivity contribution is 0.781. The van der Waals surface area contributed by atoms with Gasteiger partial charge in [0.15, 0.2) is 5.65 Å². The number of benzene rings is 1. The smallest absolute Gasteiger partial charge is 0.229 e. The van der Waals surface area contributed by atoms with Crippen molar-refractivity contribution in [2.24, 2.45) is 7.05 Å². The average Bonchev–Trinajstić information content (AvgIpc) is 2.83. The van der Waals surface area contributed by atoms with Crippen LogP contribution in [0.5, 0.6) is 0 Å². The highest BCUT2D eigenvalue weighted by Gasteiger charge is 2.12. The van der Waals surface area contributed by atoms with Crippen molar-refractivity contribution in [2.75, 3.05) is 17.7 Å². The van der Waals surface area contributed by atoms with E-state index < -0.39 is 0 Å². The fourth-order valence-corrected chi connectivity index (χ4v) is 2.40. The molecule has 2 aromatic heterocycles. The van der Waals surface area contributed by atoms with Crippen molar-refractivity contribution in [1.82, 2.24) is 19.7 Å². The van der Waals surface area contributed by atoms with Crippen LogP contribution in [0.2, 0.25) is 0 Å². The molecule has 7 heteroatoms. The summed E-state index contributed by atoms with van der Waals surface area (Å²) in [5, 5.41) is 4.94. The van der Waals surface area contributed by atoms with Crippen LogP contribution in [-0.4, -0.2) is 26.8 Å². The lowest BCUT2D eigenvalue weighted by Gasteiger charge is -2.17. The molecule has 0 amide bonds. The van der Waals surface area contributed by atoms with Crippen molar-refractivity contribution in [2.45, 2.75) is 6.54 Å². The summed E-state index contributed by atoms with van der Waals surface area (Å²) in [5.41, 5.74) is 7.89. The van der Waals surface area contributed by atoms with E-state index in [9.17, 15) is 0 Å². The first-order valence-corrected chi connectivity index (χ1v) is 7.24. The Balaban J connectivity index is 1.92. The molecular weight excluding hydrogens is 332 g/mol. The van der Waals surface area contributed by atoms with E-state index in [1.54, 1.807) is 10.9 Å². The number of hydrogen-bond acceptors (Lipinski definition) is 5. The Labute approximate surface area is 130 Å². The minimum atomic E-state index is 0.450. The SMILES string of the molecule is CN(Cc1ccc(Br)cc1)c1nc(N)c2cnn(C)c2n1. The molecule has 3 rings (SSSR count). The number of halogens is 1. The number of anilines is 2. The fourth-order valence-electron chi connectivity index (χ4n) is 2.14. The summed E-state index contributed by atoms with van der Waals surface area (Å²) < 4.78 is 2.76. The van der Waals surface area contributed by atoms with E-state index in [0.29, 0.717) is 18.3 Å². The van der Waals surface area contributed by atoms with Gasteiger partial charge in [0.25, 0.3) is 0 Å². The van der Waals surface area contributed by atoms with E-state index in [-0.39, 0.29) is 0 Å². The Morgan fingerprint density at radius 2 is 1.95 bits per heavy atom. The lowest BCUT2D eigenvalue weighted by Crippen LogP contribution is -2.20. The van der Waals surface area contributed by atoms with Crippen LogP contribution in [-0.2, 0) is 13.6 Å². The second-order valence-electron chi connectivity index (χ2n) is 4.90. The molecule has 6 nitrogen and oxygen atoms in total. The first kappa shape index (κ1) is 13.8. The largest absolute Gasteiger partial charge is 0.383 e. The maximum absolute atomic E-state index is 5.98. The van der Waals surface area contributed by atoms with Crippen LogP contribution in [0, 0.1) is 0 Å². The molecule has 2 heterocycles. The highest BCUT2D eigenvalue weighted by molar-refractivity contribution is 9.10. The molecule has 0 spiro atoms. The van der Waals surface area contributed by atoms with Gasteiger partial charge in [0.05, 0.1) is 11.6 Å². The van der Waals surface area contributed by atoms with Gasteiger partial charge in [-0.05, 0) is 17.7 Å². The van der Waals surface area contributed by atoms with E-state index in [4.69, 9.17) is 5.73 Å². The number of nitrogens with two attached hydrogens (primary N) is 1. The van der Waals surface area contributed by atoms with E-state index in [0.717, 1.165) is 15.5 Å². The zero-order chi connectivity index (χ0) is 15.0. The third-order valence-corrected chi connectivity index (χ3v) is 3.81. The number of rotatable bonds is 3. The quantitative estimate of drug-likeness (QED) is 0.787. The molecule has 0 atom stereocenters. The predicted octanol–water partition coefficient (Wildman–Crippen LogP) is 2.34. The number of hydrogen-bond donors (Lipinski definition) is 1. The zero-order valence-corrected chi connectivity index (χ0v) is 13.4. The van der Waals surface area contributed by atoms with Crippen LogP contribution in [0.1, 0.15) is 5.56 Å². The van der Waals surface area contributed by atoms with Gasteiger partial charge < -0.3 is 10.6 Å². The average molecular weight is 347 g/mol. The van der Waals surface area contributed by atoms with Crippen LogP contribution in [0.4, 0.5) is 11.8 Å². The van der Waals surface area contributed by atoms with Gasteiger partial charge in [-0.15, -0.1) is 0 Å². The Morgan fingerprint density at radius 3 is 2.67 bits per heavy atom. The monoisotopic (exact) mass is 346 g/mol. The summed E-state index contributed by atoms with van der Waals surface area (Å²) in [7, 11) is 3.78. The summed E-state index contributed by atoms with van der Waals surface area (Å²) in [5.74, 6) is 1.04. The van der Waals surface area contributed by atoms with E-state index in [1.165, 1.54) is 5.56 Å². The third kappa shape index (κ3) is 2.69. The Hall–Kier alpha value is -2.15. The molecule has 0 aliphatic heterocycles. The van der Waals surface area contributed by atoms with Gasteiger partial charge in [0, 0.05) is 25.1 Å². The summed E-state index contributed by atoms with van der Waals surface area (Å²) in [6.45, 7) is 0.704. The van der Waals surface area contributed by atoms with Gasteiger partial charge in [-0.25, -0.2) is 0 Å². The van der Waals surface area contributed by atoms with Crippen molar-refractivity contribution >= 4 is 38.7 Å². The molecule has 3 aromatic rings. The van der Waals surface area contributed by atoms with Crippen LogP contribution in [0.3, 0.4) is 0 Å². The van der Waals surface area contributed by atoms with Gasteiger partial charge in [-0.2, -0.15) is 15.1 Å². The maximum Gasteiger partial charge on any atom is 0.229 e. The normalized spacial score (nSPS) is 11.0. The minimum Gasteiger partial charge on any atom is -0.383 e. The molecule has 21 heavy (non-hydrogen) atoms. The molecule has 0 radical (unpaired) electrons. The molecule has 1 aromatic carbocycles. The van der Waals surface area contributed by atoms with Gasteiger partial charge >= 0.3 is 0 Å². The first-order valence-electron chi connectivity index (χ1n) is 6.45. The van der Waals surface area contributed by atoms with Gasteiger partial charge in [-0.1, -0.05) is 28.1 Å². The molecular formula is C14H15BrN6. The van der Waals surface area contributed by atoms with E-state index in [2.05, 4.69) is 43.1 Å². The summed E-state index contributed by atoms with van der Waals surface area (Å²) in [4.78, 5) is 10.9. The van der Waals surface area contributed by atoms with Crippen molar-refractivity contribution in [3.05, 3.63) is 40.5 Å². The summed E-state index contributed by atoms with van der Waals surface area (Å²) >= 11 is 3.43. The van der Waals surface area contributed by atoms with Crippen LogP contribution >= 0.6 is 15.9 Å². The van der Waals surface area contributed by atoms with Crippen molar-refractivity contribution in [1.29, 1.82) is 0 Å². The zero-order valence-electron chi connectivity index (χ0n) is 11.8. The molecule has 108 valence electrons.